The number of rotatable bonds is 11. The fourth-order valence-electron chi connectivity index (χ4n) is 4.87. The molecule has 2 aliphatic heterocycles. The summed E-state index contributed by atoms with van der Waals surface area (Å²) >= 11 is 0. The molecule has 2 unspecified atom stereocenters. The minimum Gasteiger partial charge on any atom is -0.494 e. The Bertz CT molecular complexity index is 809. The fraction of sp³-hybridized carbons (Fsp3) is 0.680. The summed E-state index contributed by atoms with van der Waals surface area (Å²) in [5.74, 6) is -1.73. The van der Waals surface area contributed by atoms with Crippen LogP contribution in [0.3, 0.4) is 0 Å². The van der Waals surface area contributed by atoms with Crippen molar-refractivity contribution < 1.29 is 29.4 Å². The van der Waals surface area contributed by atoms with Gasteiger partial charge in [-0.25, -0.2) is 5.48 Å². The Hall–Kier alpha value is -2.24. The van der Waals surface area contributed by atoms with Crippen LogP contribution in [0, 0.1) is 5.92 Å². The molecule has 2 fully saturated rings. The number of hydrogen-bond acceptors (Lipinski definition) is 8. The van der Waals surface area contributed by atoms with Crippen molar-refractivity contribution in [3.8, 4) is 5.75 Å². The van der Waals surface area contributed by atoms with Crippen LogP contribution in [0.5, 0.6) is 5.75 Å². The zero-order chi connectivity index (χ0) is 25.3. The lowest BCUT2D eigenvalue weighted by Crippen LogP contribution is -2.57. The number of piperazine rings is 1. The number of aliphatic hydroxyl groups is 1. The van der Waals surface area contributed by atoms with Crippen LogP contribution < -0.4 is 10.2 Å². The molecule has 2 saturated heterocycles. The number of morpholine rings is 1. The number of carbonyl (C=O) groups is 2. The van der Waals surface area contributed by atoms with E-state index in [1.807, 2.05) is 13.8 Å². The van der Waals surface area contributed by atoms with E-state index in [9.17, 15) is 19.9 Å². The topological polar surface area (TPSA) is 115 Å². The summed E-state index contributed by atoms with van der Waals surface area (Å²) in [6, 6.07) is 6.43. The molecule has 3 rings (SSSR count). The molecule has 0 saturated carbocycles. The number of ether oxygens (including phenoxy) is 2. The summed E-state index contributed by atoms with van der Waals surface area (Å²) in [5.41, 5.74) is -0.386. The summed E-state index contributed by atoms with van der Waals surface area (Å²) in [5, 5.41) is 21.1. The Kier molecular flexibility index (Phi) is 10.3. The fourth-order valence-corrected chi connectivity index (χ4v) is 4.87. The molecule has 10 nitrogen and oxygen atoms in total. The van der Waals surface area contributed by atoms with Crippen molar-refractivity contribution in [3.63, 3.8) is 0 Å². The smallest absolute Gasteiger partial charge is 0.280 e. The highest BCUT2D eigenvalue weighted by Gasteiger charge is 2.50. The van der Waals surface area contributed by atoms with E-state index < -0.39 is 17.4 Å². The van der Waals surface area contributed by atoms with E-state index in [4.69, 9.17) is 9.47 Å². The van der Waals surface area contributed by atoms with Crippen molar-refractivity contribution in [2.45, 2.75) is 32.3 Å². The van der Waals surface area contributed by atoms with Crippen molar-refractivity contribution in [1.29, 1.82) is 0 Å². The lowest BCUT2D eigenvalue weighted by molar-refractivity contribution is -0.167. The monoisotopic (exact) mass is 492 g/mol. The average molecular weight is 493 g/mol. The molecule has 0 aliphatic carbocycles. The third kappa shape index (κ3) is 6.71. The lowest BCUT2D eigenvalue weighted by atomic mass is 9.77. The standard InChI is InChI=1S/C25H40N4O6/c1-3-5-22(25(32,24(31)26-33)20-6-8-21(9-7-20)35-4-2)23(30)29-14-12-27(13-15-29)10-11-28-16-18-34-19-17-28/h6-9,22,32-33H,3-5,10-19H2,1-2H3,(H,26,31). The third-order valence-electron chi connectivity index (χ3n) is 6.95. The molecule has 2 aliphatic rings. The van der Waals surface area contributed by atoms with Gasteiger partial charge in [-0.05, 0) is 31.0 Å². The Labute approximate surface area is 207 Å². The lowest BCUT2D eigenvalue weighted by Gasteiger charge is -2.40. The number of nitrogens with one attached hydrogen (secondary N) is 1. The van der Waals surface area contributed by atoms with Gasteiger partial charge in [0.2, 0.25) is 5.91 Å². The van der Waals surface area contributed by atoms with Gasteiger partial charge in [-0.3, -0.25) is 24.6 Å². The van der Waals surface area contributed by atoms with Gasteiger partial charge >= 0.3 is 0 Å². The normalized spacial score (nSPS) is 20.2. The van der Waals surface area contributed by atoms with E-state index in [2.05, 4.69) is 9.80 Å². The third-order valence-corrected chi connectivity index (χ3v) is 6.95. The number of benzene rings is 1. The molecule has 3 N–H and O–H groups in total. The second-order valence-corrected chi connectivity index (χ2v) is 9.13. The molecule has 1 aromatic carbocycles. The maximum Gasteiger partial charge on any atom is 0.280 e. The predicted octanol–water partition coefficient (Wildman–Crippen LogP) is 0.671. The highest BCUT2D eigenvalue weighted by Crippen LogP contribution is 2.36. The molecule has 0 bridgehead atoms. The Morgan fingerprint density at radius 2 is 1.63 bits per heavy atom. The van der Waals surface area contributed by atoms with E-state index in [0.717, 1.165) is 52.5 Å². The van der Waals surface area contributed by atoms with Crippen molar-refractivity contribution in [3.05, 3.63) is 29.8 Å². The number of hydrogen-bond donors (Lipinski definition) is 3. The second-order valence-electron chi connectivity index (χ2n) is 9.13. The van der Waals surface area contributed by atoms with Gasteiger partial charge in [0.1, 0.15) is 5.75 Å². The van der Waals surface area contributed by atoms with Gasteiger partial charge in [0.15, 0.2) is 5.60 Å². The van der Waals surface area contributed by atoms with Gasteiger partial charge in [-0.15, -0.1) is 0 Å². The number of hydroxylamine groups is 1. The molecule has 10 heteroatoms. The van der Waals surface area contributed by atoms with E-state index in [-0.39, 0.29) is 11.5 Å². The van der Waals surface area contributed by atoms with Gasteiger partial charge in [0, 0.05) is 52.4 Å². The molecule has 2 amide bonds. The zero-order valence-electron chi connectivity index (χ0n) is 20.9. The number of nitrogens with zero attached hydrogens (tertiary/aromatic N) is 3. The van der Waals surface area contributed by atoms with Crippen molar-refractivity contribution >= 4 is 11.8 Å². The SMILES string of the molecule is CCCC(C(=O)N1CCN(CCN2CCOCC2)CC1)C(O)(C(=O)NO)c1ccc(OCC)cc1. The van der Waals surface area contributed by atoms with Crippen LogP contribution >= 0.6 is 0 Å². The molecule has 35 heavy (non-hydrogen) atoms. The summed E-state index contributed by atoms with van der Waals surface area (Å²) in [7, 11) is 0. The first kappa shape index (κ1) is 27.3. The van der Waals surface area contributed by atoms with E-state index in [0.29, 0.717) is 38.3 Å². The van der Waals surface area contributed by atoms with Gasteiger partial charge in [0.05, 0.1) is 25.7 Å². The van der Waals surface area contributed by atoms with Crippen LogP contribution in [-0.4, -0.2) is 109 Å². The first-order valence-electron chi connectivity index (χ1n) is 12.7. The predicted molar refractivity (Wildman–Crippen MR) is 130 cm³/mol. The molecule has 1 aromatic rings. The number of carbonyl (C=O) groups excluding carboxylic acids is 2. The first-order valence-corrected chi connectivity index (χ1v) is 12.7. The zero-order valence-corrected chi connectivity index (χ0v) is 20.9. The molecule has 2 atom stereocenters. The van der Waals surface area contributed by atoms with E-state index >= 15 is 0 Å². The van der Waals surface area contributed by atoms with Crippen LogP contribution in [0.4, 0.5) is 0 Å². The largest absolute Gasteiger partial charge is 0.494 e. The van der Waals surface area contributed by atoms with Crippen LogP contribution in [0.2, 0.25) is 0 Å². The maximum atomic E-state index is 13.6. The summed E-state index contributed by atoms with van der Waals surface area (Å²) in [4.78, 5) is 32.9. The maximum absolute atomic E-state index is 13.6. The van der Waals surface area contributed by atoms with Crippen molar-refractivity contribution in [2.75, 3.05) is 72.2 Å². The van der Waals surface area contributed by atoms with Crippen molar-refractivity contribution in [1.82, 2.24) is 20.2 Å². The Morgan fingerprint density at radius 1 is 1.03 bits per heavy atom. The first-order chi connectivity index (χ1) is 16.9. The van der Waals surface area contributed by atoms with Gasteiger partial charge in [-0.1, -0.05) is 25.5 Å². The van der Waals surface area contributed by atoms with Gasteiger partial charge in [-0.2, -0.15) is 0 Å². The second kappa shape index (κ2) is 13.2. The highest BCUT2D eigenvalue weighted by molar-refractivity contribution is 5.93. The molecule has 196 valence electrons. The van der Waals surface area contributed by atoms with Crippen LogP contribution in [0.1, 0.15) is 32.3 Å². The van der Waals surface area contributed by atoms with Crippen LogP contribution in [0.15, 0.2) is 24.3 Å². The van der Waals surface area contributed by atoms with Gasteiger partial charge < -0.3 is 19.5 Å². The molecule has 0 spiro atoms. The minimum absolute atomic E-state index is 0.239. The summed E-state index contributed by atoms with van der Waals surface area (Å²) in [6.45, 7) is 12.2. The van der Waals surface area contributed by atoms with E-state index in [1.54, 1.807) is 34.6 Å². The highest BCUT2D eigenvalue weighted by atomic mass is 16.5. The minimum atomic E-state index is -2.21. The summed E-state index contributed by atoms with van der Waals surface area (Å²) < 4.78 is 10.9. The molecular weight excluding hydrogens is 452 g/mol. The summed E-state index contributed by atoms with van der Waals surface area (Å²) in [6.07, 6.45) is 0.890. The van der Waals surface area contributed by atoms with Crippen molar-refractivity contribution in [2.24, 2.45) is 5.92 Å². The Morgan fingerprint density at radius 3 is 2.17 bits per heavy atom. The molecule has 0 radical (unpaired) electrons. The Balaban J connectivity index is 1.69. The van der Waals surface area contributed by atoms with E-state index in [1.165, 1.54) is 0 Å². The molecular formula is C25H40N4O6. The molecule has 0 aromatic heterocycles. The van der Waals surface area contributed by atoms with Crippen LogP contribution in [-0.2, 0) is 19.9 Å². The van der Waals surface area contributed by atoms with Gasteiger partial charge in [0.25, 0.3) is 5.91 Å². The average Bonchev–Trinajstić information content (AvgIpc) is 2.90. The molecule has 2 heterocycles. The quantitative estimate of drug-likeness (QED) is 0.305. The number of amides is 2. The van der Waals surface area contributed by atoms with Crippen LogP contribution in [0.25, 0.3) is 0 Å².